The molecule has 0 amide bonds. The fourth-order valence-corrected chi connectivity index (χ4v) is 1.56. The van der Waals surface area contributed by atoms with Gasteiger partial charge in [-0.15, -0.1) is 0 Å². The van der Waals surface area contributed by atoms with Crippen molar-refractivity contribution < 1.29 is 14.6 Å². The maximum atomic E-state index is 10.9. The van der Waals surface area contributed by atoms with E-state index in [9.17, 15) is 20.2 Å². The summed E-state index contributed by atoms with van der Waals surface area (Å²) in [5.41, 5.74) is -0.775. The summed E-state index contributed by atoms with van der Waals surface area (Å²) >= 11 is 0. The number of nitrogens with zero attached hydrogens (tertiary/aromatic N) is 4. The van der Waals surface area contributed by atoms with Gasteiger partial charge in [-0.3, -0.25) is 20.2 Å². The first-order chi connectivity index (χ1) is 9.58. The highest BCUT2D eigenvalue weighted by molar-refractivity contribution is 5.53. The van der Waals surface area contributed by atoms with Crippen molar-refractivity contribution >= 4 is 11.4 Å². The van der Waals surface area contributed by atoms with E-state index in [1.165, 1.54) is 12.1 Å². The van der Waals surface area contributed by atoms with E-state index in [2.05, 4.69) is 4.98 Å². The number of hydrogen-bond donors (Lipinski definition) is 0. The van der Waals surface area contributed by atoms with Gasteiger partial charge >= 0.3 is 5.69 Å². The van der Waals surface area contributed by atoms with Crippen LogP contribution in [0.25, 0.3) is 0 Å². The number of rotatable bonds is 6. The third kappa shape index (κ3) is 3.07. The van der Waals surface area contributed by atoms with Crippen molar-refractivity contribution in [3.8, 4) is 5.75 Å². The van der Waals surface area contributed by atoms with Gasteiger partial charge in [-0.25, -0.2) is 4.98 Å². The molecule has 0 aliphatic rings. The normalized spacial score (nSPS) is 10.2. The Labute approximate surface area is 112 Å². The van der Waals surface area contributed by atoms with Crippen LogP contribution >= 0.6 is 0 Å². The van der Waals surface area contributed by atoms with Crippen LogP contribution in [-0.4, -0.2) is 26.0 Å². The molecule has 20 heavy (non-hydrogen) atoms. The molecule has 0 unspecified atom stereocenters. The molecule has 2 rings (SSSR count). The highest BCUT2D eigenvalue weighted by Crippen LogP contribution is 2.30. The molecule has 0 bridgehead atoms. The van der Waals surface area contributed by atoms with Crippen LogP contribution in [0.15, 0.2) is 36.9 Å². The van der Waals surface area contributed by atoms with Crippen LogP contribution < -0.4 is 4.74 Å². The minimum atomic E-state index is -0.709. The third-order valence-corrected chi connectivity index (χ3v) is 2.52. The molecule has 2 aromatic rings. The van der Waals surface area contributed by atoms with Crippen molar-refractivity contribution in [2.24, 2.45) is 0 Å². The van der Waals surface area contributed by atoms with Gasteiger partial charge in [-0.1, -0.05) is 0 Å². The molecular weight excluding hydrogens is 268 g/mol. The zero-order valence-corrected chi connectivity index (χ0v) is 10.2. The van der Waals surface area contributed by atoms with Gasteiger partial charge in [0.25, 0.3) is 5.69 Å². The number of hydrogen-bond acceptors (Lipinski definition) is 6. The molecule has 0 saturated carbocycles. The number of nitro benzene ring substituents is 2. The average Bonchev–Trinajstić information content (AvgIpc) is 2.91. The van der Waals surface area contributed by atoms with Gasteiger partial charge in [0.2, 0.25) is 0 Å². The van der Waals surface area contributed by atoms with Crippen molar-refractivity contribution in [3.05, 3.63) is 57.1 Å². The second-order valence-electron chi connectivity index (χ2n) is 3.82. The fraction of sp³-hybridized carbons (Fsp3) is 0.182. The van der Waals surface area contributed by atoms with Gasteiger partial charge in [0.05, 0.1) is 28.8 Å². The summed E-state index contributed by atoms with van der Waals surface area (Å²) in [7, 11) is 0. The smallest absolute Gasteiger partial charge is 0.317 e. The molecule has 9 heteroatoms. The Bertz CT molecular complexity index is 626. The predicted octanol–water partition coefficient (Wildman–Crippen LogP) is 1.78. The SMILES string of the molecule is O=[N+]([O-])c1ccc(OCCn2ccnc2)c([N+](=O)[O-])c1. The first-order valence-electron chi connectivity index (χ1n) is 5.59. The van der Waals surface area contributed by atoms with E-state index in [4.69, 9.17) is 4.74 Å². The Morgan fingerprint density at radius 1 is 1.25 bits per heavy atom. The zero-order valence-electron chi connectivity index (χ0n) is 10.2. The maximum absolute atomic E-state index is 10.9. The first kappa shape index (κ1) is 13.5. The Morgan fingerprint density at radius 3 is 2.65 bits per heavy atom. The summed E-state index contributed by atoms with van der Waals surface area (Å²) < 4.78 is 7.04. The first-order valence-corrected chi connectivity index (χ1v) is 5.59. The number of nitro groups is 2. The van der Waals surface area contributed by atoms with Gasteiger partial charge in [0.1, 0.15) is 6.61 Å². The number of non-ortho nitro benzene ring substituents is 1. The van der Waals surface area contributed by atoms with Crippen molar-refractivity contribution in [1.29, 1.82) is 0 Å². The molecule has 1 heterocycles. The minimum absolute atomic E-state index is 0.000662. The van der Waals surface area contributed by atoms with Crippen LogP contribution in [0.4, 0.5) is 11.4 Å². The number of aromatic nitrogens is 2. The molecule has 9 nitrogen and oxygen atoms in total. The molecule has 1 aromatic heterocycles. The van der Waals surface area contributed by atoms with Crippen LogP contribution in [0, 0.1) is 20.2 Å². The van der Waals surface area contributed by atoms with E-state index in [0.29, 0.717) is 6.54 Å². The van der Waals surface area contributed by atoms with Gasteiger partial charge < -0.3 is 9.30 Å². The summed E-state index contributed by atoms with van der Waals surface area (Å²) in [4.78, 5) is 23.9. The van der Waals surface area contributed by atoms with E-state index in [1.807, 2.05) is 0 Å². The fourth-order valence-electron chi connectivity index (χ4n) is 1.56. The van der Waals surface area contributed by atoms with E-state index in [0.717, 1.165) is 6.07 Å². The lowest BCUT2D eigenvalue weighted by Crippen LogP contribution is -2.07. The maximum Gasteiger partial charge on any atom is 0.317 e. The van der Waals surface area contributed by atoms with Crippen LogP contribution in [0.5, 0.6) is 5.75 Å². The molecular formula is C11H10N4O5. The Balaban J connectivity index is 2.10. The van der Waals surface area contributed by atoms with Crippen molar-refractivity contribution in [2.75, 3.05) is 6.61 Å². The molecule has 0 aliphatic carbocycles. The molecule has 0 N–H and O–H groups in total. The van der Waals surface area contributed by atoms with Gasteiger partial charge in [-0.2, -0.15) is 0 Å². The third-order valence-electron chi connectivity index (χ3n) is 2.52. The second kappa shape index (κ2) is 5.78. The highest BCUT2D eigenvalue weighted by Gasteiger charge is 2.20. The van der Waals surface area contributed by atoms with Crippen LogP contribution in [0.3, 0.4) is 0 Å². The Kier molecular flexibility index (Phi) is 3.89. The minimum Gasteiger partial charge on any atom is -0.485 e. The predicted molar refractivity (Wildman–Crippen MR) is 67.5 cm³/mol. The van der Waals surface area contributed by atoms with E-state index >= 15 is 0 Å². The monoisotopic (exact) mass is 278 g/mol. The molecule has 0 atom stereocenters. The van der Waals surface area contributed by atoms with E-state index in [1.54, 1.807) is 23.3 Å². The summed E-state index contributed by atoms with van der Waals surface area (Å²) in [6.45, 7) is 0.656. The molecule has 0 fully saturated rings. The molecule has 0 saturated heterocycles. The Morgan fingerprint density at radius 2 is 2.05 bits per heavy atom. The summed E-state index contributed by atoms with van der Waals surface area (Å²) in [6, 6.07) is 3.27. The van der Waals surface area contributed by atoms with E-state index in [-0.39, 0.29) is 18.0 Å². The van der Waals surface area contributed by atoms with Crippen LogP contribution in [-0.2, 0) is 6.54 Å². The lowest BCUT2D eigenvalue weighted by Gasteiger charge is -2.07. The second-order valence-corrected chi connectivity index (χ2v) is 3.82. The number of imidazole rings is 1. The van der Waals surface area contributed by atoms with Crippen molar-refractivity contribution in [1.82, 2.24) is 9.55 Å². The summed E-state index contributed by atoms with van der Waals surface area (Å²) in [6.07, 6.45) is 4.93. The number of ether oxygens (including phenoxy) is 1. The van der Waals surface area contributed by atoms with Crippen molar-refractivity contribution in [2.45, 2.75) is 6.54 Å². The van der Waals surface area contributed by atoms with Crippen LogP contribution in [0.1, 0.15) is 0 Å². The quantitative estimate of drug-likeness (QED) is 0.587. The van der Waals surface area contributed by atoms with Gasteiger partial charge in [0, 0.05) is 18.5 Å². The lowest BCUT2D eigenvalue weighted by atomic mass is 10.2. The van der Waals surface area contributed by atoms with Gasteiger partial charge in [0.15, 0.2) is 5.75 Å². The molecule has 1 aromatic carbocycles. The molecule has 0 aliphatic heterocycles. The zero-order chi connectivity index (χ0) is 14.5. The molecule has 0 radical (unpaired) electrons. The summed E-state index contributed by atoms with van der Waals surface area (Å²) in [5, 5.41) is 21.5. The highest BCUT2D eigenvalue weighted by atomic mass is 16.6. The standard InChI is InChI=1S/C11H10N4O5/c16-14(17)9-1-2-11(10(7-9)15(18)19)20-6-5-13-4-3-12-8-13/h1-4,7-8H,5-6H2. The molecule has 0 spiro atoms. The average molecular weight is 278 g/mol. The summed E-state index contributed by atoms with van der Waals surface area (Å²) in [5.74, 6) is 0.000662. The topological polar surface area (TPSA) is 113 Å². The van der Waals surface area contributed by atoms with E-state index < -0.39 is 15.5 Å². The lowest BCUT2D eigenvalue weighted by molar-refractivity contribution is -0.394. The molecule has 104 valence electrons. The Hall–Kier alpha value is -2.97. The van der Waals surface area contributed by atoms with Crippen LogP contribution in [0.2, 0.25) is 0 Å². The number of benzene rings is 1. The largest absolute Gasteiger partial charge is 0.485 e. The van der Waals surface area contributed by atoms with Crippen molar-refractivity contribution in [3.63, 3.8) is 0 Å². The van der Waals surface area contributed by atoms with Gasteiger partial charge in [-0.05, 0) is 6.07 Å².